The first-order chi connectivity index (χ1) is 5.56. The molecule has 1 aliphatic rings. The SMILES string of the molecule is CNS(=O)(=O)[C@@H]1C=CC(C)=CC1. The number of sulfonamides is 1. The van der Waals surface area contributed by atoms with Crippen LogP contribution in [0.2, 0.25) is 0 Å². The van der Waals surface area contributed by atoms with E-state index in [0.717, 1.165) is 5.57 Å². The van der Waals surface area contributed by atoms with Gasteiger partial charge in [0.25, 0.3) is 0 Å². The highest BCUT2D eigenvalue weighted by Gasteiger charge is 2.21. The molecule has 0 aromatic heterocycles. The zero-order chi connectivity index (χ0) is 9.19. The van der Waals surface area contributed by atoms with Crippen LogP contribution in [0.1, 0.15) is 13.3 Å². The molecule has 12 heavy (non-hydrogen) atoms. The summed E-state index contributed by atoms with van der Waals surface area (Å²) in [7, 11) is -1.69. The van der Waals surface area contributed by atoms with Gasteiger partial charge in [0.05, 0.1) is 5.25 Å². The molecular weight excluding hydrogens is 174 g/mol. The minimum atomic E-state index is -3.13. The summed E-state index contributed by atoms with van der Waals surface area (Å²) in [5.74, 6) is 0. The predicted molar refractivity (Wildman–Crippen MR) is 49.3 cm³/mol. The van der Waals surface area contributed by atoms with Crippen LogP contribution in [-0.2, 0) is 10.0 Å². The monoisotopic (exact) mass is 187 g/mol. The Morgan fingerprint density at radius 2 is 2.25 bits per heavy atom. The molecule has 3 nitrogen and oxygen atoms in total. The molecule has 0 spiro atoms. The molecule has 1 atom stereocenters. The van der Waals surface area contributed by atoms with Gasteiger partial charge in [-0.1, -0.05) is 23.8 Å². The number of nitrogens with one attached hydrogen (secondary N) is 1. The van der Waals surface area contributed by atoms with E-state index in [0.29, 0.717) is 6.42 Å². The molecule has 0 radical (unpaired) electrons. The Kier molecular flexibility index (Phi) is 2.69. The Labute approximate surface area is 73.2 Å². The second-order valence-electron chi connectivity index (χ2n) is 2.83. The summed E-state index contributed by atoms with van der Waals surface area (Å²) in [6.07, 6.45) is 6.06. The first kappa shape index (κ1) is 9.48. The van der Waals surface area contributed by atoms with Crippen LogP contribution in [0.3, 0.4) is 0 Å². The normalized spacial score (nSPS) is 23.8. The lowest BCUT2D eigenvalue weighted by Gasteiger charge is -2.14. The highest BCUT2D eigenvalue weighted by molar-refractivity contribution is 7.90. The molecule has 0 saturated carbocycles. The fourth-order valence-corrected chi connectivity index (χ4v) is 2.03. The van der Waals surface area contributed by atoms with Crippen LogP contribution in [0.25, 0.3) is 0 Å². The van der Waals surface area contributed by atoms with Crippen molar-refractivity contribution >= 4 is 10.0 Å². The van der Waals surface area contributed by atoms with Crippen LogP contribution in [0.4, 0.5) is 0 Å². The quantitative estimate of drug-likeness (QED) is 0.695. The fourth-order valence-electron chi connectivity index (χ4n) is 1.09. The van der Waals surface area contributed by atoms with E-state index in [1.165, 1.54) is 7.05 Å². The first-order valence-corrected chi connectivity index (χ1v) is 5.38. The molecule has 0 saturated heterocycles. The van der Waals surface area contributed by atoms with E-state index in [4.69, 9.17) is 0 Å². The summed E-state index contributed by atoms with van der Waals surface area (Å²) < 4.78 is 24.9. The summed E-state index contributed by atoms with van der Waals surface area (Å²) in [6.45, 7) is 1.96. The zero-order valence-electron chi connectivity index (χ0n) is 7.24. The first-order valence-electron chi connectivity index (χ1n) is 3.83. The Hall–Kier alpha value is -0.610. The summed E-state index contributed by atoms with van der Waals surface area (Å²) in [5, 5.41) is -0.397. The molecular formula is C8H13NO2S. The Bertz CT molecular complexity index is 314. The summed E-state index contributed by atoms with van der Waals surface area (Å²) >= 11 is 0. The third kappa shape index (κ3) is 1.95. The highest BCUT2D eigenvalue weighted by Crippen LogP contribution is 2.15. The summed E-state index contributed by atoms with van der Waals surface area (Å²) in [5.41, 5.74) is 1.12. The third-order valence-electron chi connectivity index (χ3n) is 1.93. The molecule has 0 aliphatic heterocycles. The van der Waals surface area contributed by atoms with Crippen molar-refractivity contribution in [1.29, 1.82) is 0 Å². The largest absolute Gasteiger partial charge is 0.218 e. The number of hydrogen-bond acceptors (Lipinski definition) is 2. The van der Waals surface area contributed by atoms with Gasteiger partial charge >= 0.3 is 0 Å². The molecule has 68 valence electrons. The van der Waals surface area contributed by atoms with Gasteiger partial charge in [-0.25, -0.2) is 13.1 Å². The van der Waals surface area contributed by atoms with Crippen LogP contribution in [0, 0.1) is 0 Å². The van der Waals surface area contributed by atoms with Crippen LogP contribution in [0.5, 0.6) is 0 Å². The van der Waals surface area contributed by atoms with Crippen LogP contribution < -0.4 is 4.72 Å². The molecule has 1 N–H and O–H groups in total. The van der Waals surface area contributed by atoms with Crippen LogP contribution in [0.15, 0.2) is 23.8 Å². The lowest BCUT2D eigenvalue weighted by molar-refractivity contribution is 0.580. The Balaban J connectivity index is 2.78. The standard InChI is InChI=1S/C8H13NO2S/c1-7-3-5-8(6-4-7)12(10,11)9-2/h3-5,8-9H,6H2,1-2H3/t8-/m1/s1. The van der Waals surface area contributed by atoms with E-state index in [1.807, 2.05) is 19.1 Å². The maximum Gasteiger partial charge on any atom is 0.218 e. The van der Waals surface area contributed by atoms with Crippen molar-refractivity contribution in [1.82, 2.24) is 4.72 Å². The van der Waals surface area contributed by atoms with E-state index in [1.54, 1.807) is 6.08 Å². The van der Waals surface area contributed by atoms with Gasteiger partial charge in [-0.05, 0) is 20.4 Å². The summed E-state index contributed by atoms with van der Waals surface area (Å²) in [6, 6.07) is 0. The van der Waals surface area contributed by atoms with E-state index in [2.05, 4.69) is 4.72 Å². The lowest BCUT2D eigenvalue weighted by Crippen LogP contribution is -2.30. The van der Waals surface area contributed by atoms with E-state index in [9.17, 15) is 8.42 Å². The molecule has 0 unspecified atom stereocenters. The molecule has 0 aromatic rings. The Morgan fingerprint density at radius 3 is 2.67 bits per heavy atom. The van der Waals surface area contributed by atoms with Gasteiger partial charge in [-0.3, -0.25) is 0 Å². The average molecular weight is 187 g/mol. The second-order valence-corrected chi connectivity index (χ2v) is 4.93. The molecule has 0 fully saturated rings. The van der Waals surface area contributed by atoms with E-state index < -0.39 is 15.3 Å². The smallest absolute Gasteiger partial charge is 0.218 e. The summed E-state index contributed by atoms with van der Waals surface area (Å²) in [4.78, 5) is 0. The zero-order valence-corrected chi connectivity index (χ0v) is 8.06. The van der Waals surface area contributed by atoms with Crippen molar-refractivity contribution in [2.45, 2.75) is 18.6 Å². The van der Waals surface area contributed by atoms with Crippen molar-refractivity contribution in [3.63, 3.8) is 0 Å². The Morgan fingerprint density at radius 1 is 1.58 bits per heavy atom. The minimum Gasteiger partial charge on any atom is -0.218 e. The maximum atomic E-state index is 11.3. The van der Waals surface area contributed by atoms with Gasteiger partial charge in [0.15, 0.2) is 0 Å². The van der Waals surface area contributed by atoms with Crippen molar-refractivity contribution in [2.24, 2.45) is 0 Å². The van der Waals surface area contributed by atoms with Gasteiger partial charge in [0, 0.05) is 0 Å². The fraction of sp³-hybridized carbons (Fsp3) is 0.500. The lowest BCUT2D eigenvalue weighted by atomic mass is 10.1. The molecule has 0 heterocycles. The molecule has 0 bridgehead atoms. The topological polar surface area (TPSA) is 46.2 Å². The molecule has 0 amide bonds. The van der Waals surface area contributed by atoms with Crippen molar-refractivity contribution in [3.05, 3.63) is 23.8 Å². The maximum absolute atomic E-state index is 11.3. The van der Waals surface area contributed by atoms with Crippen LogP contribution in [-0.4, -0.2) is 20.7 Å². The molecule has 1 rings (SSSR count). The number of allylic oxidation sites excluding steroid dienone is 3. The van der Waals surface area contributed by atoms with Crippen LogP contribution >= 0.6 is 0 Å². The van der Waals surface area contributed by atoms with Gasteiger partial charge in [-0.2, -0.15) is 0 Å². The van der Waals surface area contributed by atoms with Crippen molar-refractivity contribution < 1.29 is 8.42 Å². The van der Waals surface area contributed by atoms with E-state index >= 15 is 0 Å². The van der Waals surface area contributed by atoms with Gasteiger partial charge in [-0.15, -0.1) is 0 Å². The second kappa shape index (κ2) is 3.41. The average Bonchev–Trinajstić information content (AvgIpc) is 2.05. The van der Waals surface area contributed by atoms with Gasteiger partial charge in [0.1, 0.15) is 0 Å². The number of rotatable bonds is 2. The van der Waals surface area contributed by atoms with Crippen molar-refractivity contribution in [3.8, 4) is 0 Å². The number of hydrogen-bond donors (Lipinski definition) is 1. The van der Waals surface area contributed by atoms with Gasteiger partial charge in [0.2, 0.25) is 10.0 Å². The molecule has 0 aromatic carbocycles. The predicted octanol–water partition coefficient (Wildman–Crippen LogP) is 0.810. The molecule has 1 aliphatic carbocycles. The minimum absolute atomic E-state index is 0.397. The van der Waals surface area contributed by atoms with Crippen molar-refractivity contribution in [2.75, 3.05) is 7.05 Å². The molecule has 4 heteroatoms. The highest BCUT2D eigenvalue weighted by atomic mass is 32.2. The van der Waals surface area contributed by atoms with Gasteiger partial charge < -0.3 is 0 Å². The van der Waals surface area contributed by atoms with E-state index in [-0.39, 0.29) is 0 Å². The third-order valence-corrected chi connectivity index (χ3v) is 3.64.